The zero-order valence-electron chi connectivity index (χ0n) is 8.51. The standard InChI is InChI=1S/C10H19NO2/c1-3-13-9(12)10(11)6-4-5-8(2)7-10/h8H,3-7,11H2,1-2H3. The maximum atomic E-state index is 11.5. The van der Waals surface area contributed by atoms with Gasteiger partial charge < -0.3 is 10.5 Å². The molecule has 0 aliphatic heterocycles. The molecule has 3 heteroatoms. The summed E-state index contributed by atoms with van der Waals surface area (Å²) in [6.07, 6.45) is 3.76. The number of esters is 1. The van der Waals surface area contributed by atoms with E-state index in [2.05, 4.69) is 6.92 Å². The van der Waals surface area contributed by atoms with Crippen molar-refractivity contribution < 1.29 is 9.53 Å². The third-order valence-electron chi connectivity index (χ3n) is 2.71. The van der Waals surface area contributed by atoms with Crippen LogP contribution in [0.15, 0.2) is 0 Å². The highest BCUT2D eigenvalue weighted by Gasteiger charge is 2.39. The Kier molecular flexibility index (Phi) is 3.31. The molecule has 0 aromatic rings. The highest BCUT2D eigenvalue weighted by atomic mass is 16.5. The molecule has 3 nitrogen and oxygen atoms in total. The maximum Gasteiger partial charge on any atom is 0.326 e. The molecule has 1 saturated carbocycles. The fourth-order valence-electron chi connectivity index (χ4n) is 2.05. The average Bonchev–Trinajstić information content (AvgIpc) is 2.04. The van der Waals surface area contributed by atoms with Crippen molar-refractivity contribution in [3.63, 3.8) is 0 Å². The Hall–Kier alpha value is -0.570. The van der Waals surface area contributed by atoms with Gasteiger partial charge in [-0.3, -0.25) is 4.79 Å². The molecule has 2 atom stereocenters. The Morgan fingerprint density at radius 3 is 2.92 bits per heavy atom. The summed E-state index contributed by atoms with van der Waals surface area (Å²) in [5, 5.41) is 0. The first kappa shape index (κ1) is 10.5. The third kappa shape index (κ3) is 2.44. The summed E-state index contributed by atoms with van der Waals surface area (Å²) >= 11 is 0. The fraction of sp³-hybridized carbons (Fsp3) is 0.900. The van der Waals surface area contributed by atoms with Crippen molar-refractivity contribution in [3.8, 4) is 0 Å². The monoisotopic (exact) mass is 185 g/mol. The summed E-state index contributed by atoms with van der Waals surface area (Å²) in [5.74, 6) is 0.324. The number of nitrogens with two attached hydrogens (primary N) is 1. The first-order chi connectivity index (χ1) is 6.08. The van der Waals surface area contributed by atoms with Crippen LogP contribution in [0.1, 0.15) is 39.5 Å². The molecular formula is C10H19NO2. The van der Waals surface area contributed by atoms with Crippen LogP contribution >= 0.6 is 0 Å². The number of carbonyl (C=O) groups is 1. The van der Waals surface area contributed by atoms with Crippen LogP contribution in [-0.2, 0) is 9.53 Å². The van der Waals surface area contributed by atoms with Crippen molar-refractivity contribution in [3.05, 3.63) is 0 Å². The van der Waals surface area contributed by atoms with E-state index in [9.17, 15) is 4.79 Å². The van der Waals surface area contributed by atoms with Gasteiger partial charge in [-0.25, -0.2) is 0 Å². The van der Waals surface area contributed by atoms with E-state index in [1.165, 1.54) is 6.42 Å². The van der Waals surface area contributed by atoms with Gasteiger partial charge in [0, 0.05) is 0 Å². The van der Waals surface area contributed by atoms with Crippen LogP contribution in [0.2, 0.25) is 0 Å². The number of rotatable bonds is 2. The van der Waals surface area contributed by atoms with Gasteiger partial charge in [0.2, 0.25) is 0 Å². The Morgan fingerprint density at radius 2 is 2.38 bits per heavy atom. The molecule has 76 valence electrons. The molecule has 0 saturated heterocycles. The highest BCUT2D eigenvalue weighted by Crippen LogP contribution is 2.31. The highest BCUT2D eigenvalue weighted by molar-refractivity contribution is 5.80. The van der Waals surface area contributed by atoms with Gasteiger partial charge in [0.1, 0.15) is 5.54 Å². The second kappa shape index (κ2) is 4.09. The minimum absolute atomic E-state index is 0.221. The van der Waals surface area contributed by atoms with E-state index < -0.39 is 5.54 Å². The van der Waals surface area contributed by atoms with Gasteiger partial charge in [0.15, 0.2) is 0 Å². The van der Waals surface area contributed by atoms with Crippen LogP contribution in [0.5, 0.6) is 0 Å². The zero-order chi connectivity index (χ0) is 9.90. The Balaban J connectivity index is 2.57. The first-order valence-corrected chi connectivity index (χ1v) is 5.04. The molecule has 1 aliphatic carbocycles. The van der Waals surface area contributed by atoms with Gasteiger partial charge in [-0.05, 0) is 25.7 Å². The minimum atomic E-state index is -0.701. The molecule has 0 bridgehead atoms. The molecular weight excluding hydrogens is 166 g/mol. The second-order valence-electron chi connectivity index (χ2n) is 4.08. The quantitative estimate of drug-likeness (QED) is 0.662. The van der Waals surface area contributed by atoms with Crippen LogP contribution in [0.25, 0.3) is 0 Å². The van der Waals surface area contributed by atoms with Crippen molar-refractivity contribution in [2.24, 2.45) is 11.7 Å². The lowest BCUT2D eigenvalue weighted by Gasteiger charge is -2.34. The predicted octanol–water partition coefficient (Wildman–Crippen LogP) is 1.46. The molecule has 1 rings (SSSR count). The molecule has 13 heavy (non-hydrogen) atoms. The topological polar surface area (TPSA) is 52.3 Å². The molecule has 0 amide bonds. The van der Waals surface area contributed by atoms with Gasteiger partial charge in [-0.15, -0.1) is 0 Å². The Bertz CT molecular complexity index is 193. The van der Waals surface area contributed by atoms with Crippen LogP contribution in [-0.4, -0.2) is 18.1 Å². The summed E-state index contributed by atoms with van der Waals surface area (Å²) in [6.45, 7) is 4.37. The molecule has 1 fully saturated rings. The van der Waals surface area contributed by atoms with Gasteiger partial charge in [0.05, 0.1) is 6.61 Å². The number of hydrogen-bond acceptors (Lipinski definition) is 3. The van der Waals surface area contributed by atoms with Crippen LogP contribution in [0, 0.1) is 5.92 Å². The van der Waals surface area contributed by atoms with E-state index in [1.807, 2.05) is 6.92 Å². The molecule has 0 heterocycles. The maximum absolute atomic E-state index is 11.5. The molecule has 0 aromatic carbocycles. The van der Waals surface area contributed by atoms with E-state index >= 15 is 0 Å². The number of carbonyl (C=O) groups excluding carboxylic acids is 1. The predicted molar refractivity (Wildman–Crippen MR) is 51.2 cm³/mol. The van der Waals surface area contributed by atoms with E-state index in [-0.39, 0.29) is 5.97 Å². The summed E-state index contributed by atoms with van der Waals surface area (Å²) in [4.78, 5) is 11.5. The van der Waals surface area contributed by atoms with Gasteiger partial charge in [-0.2, -0.15) is 0 Å². The Morgan fingerprint density at radius 1 is 1.69 bits per heavy atom. The second-order valence-corrected chi connectivity index (χ2v) is 4.08. The van der Waals surface area contributed by atoms with E-state index in [0.717, 1.165) is 19.3 Å². The molecule has 0 spiro atoms. The fourth-order valence-corrected chi connectivity index (χ4v) is 2.05. The van der Waals surface area contributed by atoms with Gasteiger partial charge in [0.25, 0.3) is 0 Å². The molecule has 0 aromatic heterocycles. The smallest absolute Gasteiger partial charge is 0.326 e. The lowest BCUT2D eigenvalue weighted by atomic mass is 9.77. The molecule has 1 aliphatic rings. The van der Waals surface area contributed by atoms with Crippen molar-refractivity contribution in [1.29, 1.82) is 0 Å². The normalized spacial score (nSPS) is 34.2. The SMILES string of the molecule is CCOC(=O)C1(N)CCCC(C)C1. The lowest BCUT2D eigenvalue weighted by Crippen LogP contribution is -2.51. The summed E-state index contributed by atoms with van der Waals surface area (Å²) in [7, 11) is 0. The summed E-state index contributed by atoms with van der Waals surface area (Å²) in [6, 6.07) is 0. The number of hydrogen-bond donors (Lipinski definition) is 1. The minimum Gasteiger partial charge on any atom is -0.465 e. The van der Waals surface area contributed by atoms with Crippen molar-refractivity contribution in [2.75, 3.05) is 6.61 Å². The van der Waals surface area contributed by atoms with E-state index in [4.69, 9.17) is 10.5 Å². The molecule has 0 radical (unpaired) electrons. The molecule has 2 unspecified atom stereocenters. The largest absolute Gasteiger partial charge is 0.465 e. The van der Waals surface area contributed by atoms with Gasteiger partial charge in [-0.1, -0.05) is 19.8 Å². The number of ether oxygens (including phenoxy) is 1. The van der Waals surface area contributed by atoms with E-state index in [0.29, 0.717) is 12.5 Å². The Labute approximate surface area is 79.6 Å². The average molecular weight is 185 g/mol. The summed E-state index contributed by atoms with van der Waals surface area (Å²) in [5.41, 5.74) is 5.30. The zero-order valence-corrected chi connectivity index (χ0v) is 8.51. The van der Waals surface area contributed by atoms with Gasteiger partial charge >= 0.3 is 5.97 Å². The first-order valence-electron chi connectivity index (χ1n) is 5.04. The van der Waals surface area contributed by atoms with Crippen molar-refractivity contribution in [1.82, 2.24) is 0 Å². The molecule has 2 N–H and O–H groups in total. The van der Waals surface area contributed by atoms with Crippen molar-refractivity contribution in [2.45, 2.75) is 45.1 Å². The van der Waals surface area contributed by atoms with Crippen molar-refractivity contribution >= 4 is 5.97 Å². The lowest BCUT2D eigenvalue weighted by molar-refractivity contribution is -0.151. The van der Waals surface area contributed by atoms with Crippen LogP contribution in [0.3, 0.4) is 0 Å². The summed E-state index contributed by atoms with van der Waals surface area (Å²) < 4.78 is 4.97. The van der Waals surface area contributed by atoms with Crippen LogP contribution < -0.4 is 5.73 Å². The third-order valence-corrected chi connectivity index (χ3v) is 2.71. The van der Waals surface area contributed by atoms with E-state index in [1.54, 1.807) is 0 Å². The van der Waals surface area contributed by atoms with Crippen LogP contribution in [0.4, 0.5) is 0 Å².